The highest BCUT2D eigenvalue weighted by Gasteiger charge is 2.23. The van der Waals surface area contributed by atoms with Crippen molar-refractivity contribution < 1.29 is 13.9 Å². The van der Waals surface area contributed by atoms with Crippen molar-refractivity contribution in [3.05, 3.63) is 52.0 Å². The molecule has 0 unspecified atom stereocenters. The molecule has 2 aliphatic rings. The highest BCUT2D eigenvalue weighted by Crippen LogP contribution is 2.34. The van der Waals surface area contributed by atoms with Crippen LogP contribution in [0.1, 0.15) is 41.5 Å². The van der Waals surface area contributed by atoms with E-state index in [1.54, 1.807) is 12.1 Å². The predicted octanol–water partition coefficient (Wildman–Crippen LogP) is 4.78. The Balaban J connectivity index is 1.27. The van der Waals surface area contributed by atoms with E-state index >= 15 is 0 Å². The van der Waals surface area contributed by atoms with Gasteiger partial charge in [-0.2, -0.15) is 0 Å². The summed E-state index contributed by atoms with van der Waals surface area (Å²) >= 11 is 1.88. The van der Waals surface area contributed by atoms with E-state index in [-0.39, 0.29) is 11.9 Å². The van der Waals surface area contributed by atoms with Crippen molar-refractivity contribution in [1.82, 2.24) is 4.90 Å². The summed E-state index contributed by atoms with van der Waals surface area (Å²) in [5, 5.41) is 0. The first-order chi connectivity index (χ1) is 12.3. The molecule has 4 rings (SSSR count). The molecular weight excluding hydrogens is 337 g/mol. The number of piperidine rings is 1. The van der Waals surface area contributed by atoms with Crippen molar-refractivity contribution in [3.8, 4) is 5.75 Å². The van der Waals surface area contributed by atoms with Crippen LogP contribution in [0.5, 0.6) is 5.75 Å². The van der Waals surface area contributed by atoms with Gasteiger partial charge in [0.15, 0.2) is 11.6 Å². The number of nitrogens with zero attached hydrogens (tertiary/aromatic N) is 1. The first kappa shape index (κ1) is 17.0. The van der Waals surface area contributed by atoms with Crippen LogP contribution < -0.4 is 4.74 Å². The summed E-state index contributed by atoms with van der Waals surface area (Å²) in [6.07, 6.45) is 4.64. The Morgan fingerprint density at radius 1 is 1.12 bits per heavy atom. The number of hydrogen-bond donors (Lipinski definition) is 0. The third kappa shape index (κ3) is 4.22. The Morgan fingerprint density at radius 3 is 2.72 bits per heavy atom. The highest BCUT2D eigenvalue weighted by atomic mass is 32.1. The summed E-state index contributed by atoms with van der Waals surface area (Å²) in [4.78, 5) is 5.23. The number of benzene rings is 1. The maximum atomic E-state index is 13.7. The minimum absolute atomic E-state index is 0.110. The number of halogens is 1. The quantitative estimate of drug-likeness (QED) is 0.765. The Kier molecular flexibility index (Phi) is 5.34. The van der Waals surface area contributed by atoms with E-state index in [0.717, 1.165) is 45.5 Å². The third-order valence-corrected chi connectivity index (χ3v) is 6.14. The fourth-order valence-electron chi connectivity index (χ4n) is 3.58. The van der Waals surface area contributed by atoms with E-state index in [0.29, 0.717) is 11.9 Å². The van der Waals surface area contributed by atoms with Gasteiger partial charge in [-0.15, -0.1) is 11.3 Å². The fraction of sp³-hybridized carbons (Fsp3) is 0.500. The molecule has 0 aliphatic carbocycles. The van der Waals surface area contributed by atoms with Gasteiger partial charge in [0, 0.05) is 36.0 Å². The zero-order valence-electron chi connectivity index (χ0n) is 14.3. The van der Waals surface area contributed by atoms with Crippen LogP contribution in [0.3, 0.4) is 0 Å². The van der Waals surface area contributed by atoms with Gasteiger partial charge >= 0.3 is 0 Å². The van der Waals surface area contributed by atoms with Gasteiger partial charge in [0.1, 0.15) is 6.10 Å². The van der Waals surface area contributed by atoms with E-state index in [1.807, 2.05) is 17.4 Å². The van der Waals surface area contributed by atoms with Crippen LogP contribution in [0.2, 0.25) is 0 Å². The van der Waals surface area contributed by atoms with Crippen molar-refractivity contribution in [2.24, 2.45) is 0 Å². The molecule has 1 aromatic heterocycles. The van der Waals surface area contributed by atoms with E-state index in [4.69, 9.17) is 9.47 Å². The number of hydrogen-bond acceptors (Lipinski definition) is 4. The average molecular weight is 361 g/mol. The monoisotopic (exact) mass is 361 g/mol. The summed E-state index contributed by atoms with van der Waals surface area (Å²) in [6, 6.07) is 11.1. The van der Waals surface area contributed by atoms with Gasteiger partial charge in [0.2, 0.25) is 0 Å². The molecule has 5 heteroatoms. The van der Waals surface area contributed by atoms with Gasteiger partial charge in [-0.05, 0) is 49.9 Å². The standard InChI is InChI=1S/C20H24FNO2S/c21-17-4-1-2-5-18(17)24-15-9-11-22(12-10-15)14-16-7-8-20(25-16)19-6-3-13-23-19/h1-2,4-5,7-8,15,19H,3,6,9-14H2/t19-/m1/s1. The maximum Gasteiger partial charge on any atom is 0.165 e. The molecule has 0 N–H and O–H groups in total. The fourth-order valence-corrected chi connectivity index (χ4v) is 4.72. The molecular formula is C20H24FNO2S. The number of ether oxygens (including phenoxy) is 2. The second kappa shape index (κ2) is 7.85. The lowest BCUT2D eigenvalue weighted by atomic mass is 10.1. The minimum Gasteiger partial charge on any atom is -0.487 e. The molecule has 3 nitrogen and oxygen atoms in total. The van der Waals surface area contributed by atoms with Crippen molar-refractivity contribution in [2.75, 3.05) is 19.7 Å². The summed E-state index contributed by atoms with van der Waals surface area (Å²) in [5.41, 5.74) is 0. The van der Waals surface area contributed by atoms with E-state index in [1.165, 1.54) is 22.2 Å². The normalized spacial score (nSPS) is 22.4. The average Bonchev–Trinajstić information content (AvgIpc) is 3.30. The molecule has 0 amide bonds. The zero-order valence-corrected chi connectivity index (χ0v) is 15.1. The number of rotatable bonds is 5. The molecule has 2 aliphatic heterocycles. The second-order valence-corrected chi connectivity index (χ2v) is 8.03. The molecule has 2 aromatic rings. The van der Waals surface area contributed by atoms with Crippen LogP contribution in [0, 0.1) is 5.82 Å². The molecule has 0 bridgehead atoms. The van der Waals surface area contributed by atoms with Crippen molar-refractivity contribution in [3.63, 3.8) is 0 Å². The molecule has 134 valence electrons. The summed E-state index contributed by atoms with van der Waals surface area (Å²) in [5.74, 6) is 0.102. The molecule has 2 fully saturated rings. The first-order valence-electron chi connectivity index (χ1n) is 9.12. The molecule has 0 radical (unpaired) electrons. The van der Waals surface area contributed by atoms with Crippen LogP contribution >= 0.6 is 11.3 Å². The Labute approximate surface area is 152 Å². The number of para-hydroxylation sites is 1. The Morgan fingerprint density at radius 2 is 1.96 bits per heavy atom. The Bertz CT molecular complexity index is 691. The van der Waals surface area contributed by atoms with E-state index < -0.39 is 0 Å². The van der Waals surface area contributed by atoms with Crippen LogP contribution in [-0.2, 0) is 11.3 Å². The first-order valence-corrected chi connectivity index (χ1v) is 9.93. The second-order valence-electron chi connectivity index (χ2n) is 6.83. The molecule has 0 saturated carbocycles. The third-order valence-electron chi connectivity index (χ3n) is 4.97. The predicted molar refractivity (Wildman–Crippen MR) is 97.6 cm³/mol. The van der Waals surface area contributed by atoms with Crippen LogP contribution in [0.15, 0.2) is 36.4 Å². The zero-order chi connectivity index (χ0) is 17.1. The minimum atomic E-state index is -0.273. The molecule has 1 atom stereocenters. The lowest BCUT2D eigenvalue weighted by Gasteiger charge is -2.31. The van der Waals surface area contributed by atoms with E-state index in [2.05, 4.69) is 17.0 Å². The lowest BCUT2D eigenvalue weighted by Crippen LogP contribution is -2.37. The Hall–Kier alpha value is -1.43. The summed E-state index contributed by atoms with van der Waals surface area (Å²) in [6.45, 7) is 3.87. The molecule has 3 heterocycles. The topological polar surface area (TPSA) is 21.7 Å². The van der Waals surface area contributed by atoms with Crippen molar-refractivity contribution in [1.29, 1.82) is 0 Å². The van der Waals surface area contributed by atoms with Gasteiger partial charge in [-0.1, -0.05) is 12.1 Å². The van der Waals surface area contributed by atoms with Gasteiger partial charge in [0.05, 0.1) is 6.10 Å². The molecule has 25 heavy (non-hydrogen) atoms. The lowest BCUT2D eigenvalue weighted by molar-refractivity contribution is 0.0940. The van der Waals surface area contributed by atoms with Crippen LogP contribution in [-0.4, -0.2) is 30.7 Å². The highest BCUT2D eigenvalue weighted by molar-refractivity contribution is 7.12. The largest absolute Gasteiger partial charge is 0.487 e. The summed E-state index contributed by atoms with van der Waals surface area (Å²) in [7, 11) is 0. The van der Waals surface area contributed by atoms with E-state index in [9.17, 15) is 4.39 Å². The molecule has 1 aromatic carbocycles. The van der Waals surface area contributed by atoms with Gasteiger partial charge in [-0.25, -0.2) is 4.39 Å². The summed E-state index contributed by atoms with van der Waals surface area (Å²) < 4.78 is 25.3. The van der Waals surface area contributed by atoms with Gasteiger partial charge in [-0.3, -0.25) is 4.90 Å². The van der Waals surface area contributed by atoms with Gasteiger partial charge in [0.25, 0.3) is 0 Å². The number of likely N-dealkylation sites (tertiary alicyclic amines) is 1. The van der Waals surface area contributed by atoms with Crippen molar-refractivity contribution >= 4 is 11.3 Å². The molecule has 0 spiro atoms. The molecule has 2 saturated heterocycles. The SMILES string of the molecule is Fc1ccccc1OC1CCN(Cc2ccc([C@H]3CCCO3)s2)CC1. The number of thiophene rings is 1. The van der Waals surface area contributed by atoms with Gasteiger partial charge < -0.3 is 9.47 Å². The van der Waals surface area contributed by atoms with Crippen LogP contribution in [0.25, 0.3) is 0 Å². The maximum absolute atomic E-state index is 13.7. The van der Waals surface area contributed by atoms with Crippen LogP contribution in [0.4, 0.5) is 4.39 Å². The smallest absolute Gasteiger partial charge is 0.165 e. The van der Waals surface area contributed by atoms with Crippen molar-refractivity contribution in [2.45, 2.75) is 44.4 Å².